The fraction of sp³-hybridized carbons (Fsp3) is 0.478. The molecular formula is C23H23N3O8. The summed E-state index contributed by atoms with van der Waals surface area (Å²) in [6.45, 7) is 1.52. The number of ether oxygens (including phenoxy) is 6. The summed E-state index contributed by atoms with van der Waals surface area (Å²) in [5, 5.41) is 17.0. The molecule has 2 aromatic rings. The Morgan fingerprint density at radius 3 is 1.74 bits per heavy atom. The highest BCUT2D eigenvalue weighted by molar-refractivity contribution is 5.64. The number of benzene rings is 2. The number of hydrogen-bond donors (Lipinski definition) is 0. The van der Waals surface area contributed by atoms with E-state index < -0.39 is 18.1 Å². The van der Waals surface area contributed by atoms with Gasteiger partial charge in [0.2, 0.25) is 25.1 Å². The minimum absolute atomic E-state index is 0.105. The average Bonchev–Trinajstić information content (AvgIpc) is 3.57. The van der Waals surface area contributed by atoms with Crippen molar-refractivity contribution in [3.8, 4) is 34.5 Å². The second-order valence-corrected chi connectivity index (χ2v) is 8.92. The third kappa shape index (κ3) is 2.43. The molecule has 0 aliphatic carbocycles. The maximum absolute atomic E-state index is 12.8. The summed E-state index contributed by atoms with van der Waals surface area (Å²) in [5.41, 5.74) is 3.59. The SMILES string of the molecule is COc1c2c(cc3c1[C@@H]1C([N+](=O)[O-])[C@H]4c5c(cc6c(c5OC)OCO6)CCN4N1CC3)OCO2. The molecule has 7 rings (SSSR count). The number of hydrazine groups is 1. The molecule has 5 aliphatic rings. The lowest BCUT2D eigenvalue weighted by Gasteiger charge is -2.39. The van der Waals surface area contributed by atoms with E-state index in [0.29, 0.717) is 47.6 Å². The van der Waals surface area contributed by atoms with Gasteiger partial charge in [-0.3, -0.25) is 10.1 Å². The van der Waals surface area contributed by atoms with Crippen LogP contribution in [0.2, 0.25) is 0 Å². The van der Waals surface area contributed by atoms with Crippen LogP contribution in [0.1, 0.15) is 34.3 Å². The van der Waals surface area contributed by atoms with Crippen molar-refractivity contribution in [1.29, 1.82) is 0 Å². The van der Waals surface area contributed by atoms with Gasteiger partial charge in [0.15, 0.2) is 23.0 Å². The molecule has 5 aliphatic heterocycles. The molecule has 2 aromatic carbocycles. The quantitative estimate of drug-likeness (QED) is 0.491. The summed E-state index contributed by atoms with van der Waals surface area (Å²) in [6.07, 6.45) is 1.44. The van der Waals surface area contributed by atoms with Crippen molar-refractivity contribution in [2.75, 3.05) is 40.9 Å². The van der Waals surface area contributed by atoms with Gasteiger partial charge in [0.05, 0.1) is 14.2 Å². The number of nitrogens with zero attached hydrogens (tertiary/aromatic N) is 3. The zero-order chi connectivity index (χ0) is 23.1. The first-order chi connectivity index (χ1) is 16.6. The molecule has 0 aromatic heterocycles. The van der Waals surface area contributed by atoms with Gasteiger partial charge in [-0.25, -0.2) is 10.0 Å². The van der Waals surface area contributed by atoms with Crippen molar-refractivity contribution < 1.29 is 33.3 Å². The standard InChI is InChI=1S/C23H23N3O8/c1-29-22-15-11(7-13-20(22)33-9-31-13)3-5-24-17(15)19(26(27)28)18-16-12(4-6-25(18)24)8-14-21(23(16)30-2)34-10-32-14/h7-8,17-19H,3-6,9-10H2,1-2H3/t17-,18-/m1/s1. The number of fused-ring (bicyclic) bond motifs is 9. The normalized spacial score (nSPS) is 24.3. The lowest BCUT2D eigenvalue weighted by atomic mass is 9.83. The van der Waals surface area contributed by atoms with Gasteiger partial charge in [-0.05, 0) is 36.1 Å². The largest absolute Gasteiger partial charge is 0.492 e. The van der Waals surface area contributed by atoms with Gasteiger partial charge in [-0.1, -0.05) is 0 Å². The van der Waals surface area contributed by atoms with E-state index in [1.54, 1.807) is 14.2 Å². The fourth-order valence-corrected chi connectivity index (χ4v) is 6.34. The molecule has 0 N–H and O–H groups in total. The predicted octanol–water partition coefficient (Wildman–Crippen LogP) is 2.23. The smallest absolute Gasteiger partial charge is 0.254 e. The topological polar surface area (TPSA) is 105 Å². The van der Waals surface area contributed by atoms with Crippen LogP contribution in [-0.2, 0) is 12.8 Å². The van der Waals surface area contributed by atoms with Gasteiger partial charge < -0.3 is 28.4 Å². The van der Waals surface area contributed by atoms with Crippen molar-refractivity contribution >= 4 is 0 Å². The third-order valence-electron chi connectivity index (χ3n) is 7.57. The van der Waals surface area contributed by atoms with Gasteiger partial charge in [0.1, 0.15) is 12.1 Å². The van der Waals surface area contributed by atoms with Crippen LogP contribution in [0.25, 0.3) is 0 Å². The van der Waals surface area contributed by atoms with Gasteiger partial charge in [0, 0.05) is 29.1 Å². The molecule has 1 saturated heterocycles. The van der Waals surface area contributed by atoms with E-state index in [1.807, 2.05) is 12.1 Å². The van der Waals surface area contributed by atoms with Crippen LogP contribution < -0.4 is 28.4 Å². The molecule has 11 heteroatoms. The molecule has 178 valence electrons. The predicted molar refractivity (Wildman–Crippen MR) is 115 cm³/mol. The first-order valence-corrected chi connectivity index (χ1v) is 11.3. The molecule has 0 bridgehead atoms. The Hall–Kier alpha value is -3.44. The highest BCUT2D eigenvalue weighted by Crippen LogP contribution is 2.59. The maximum Gasteiger partial charge on any atom is 0.254 e. The maximum atomic E-state index is 12.8. The molecule has 5 heterocycles. The van der Waals surface area contributed by atoms with E-state index in [0.717, 1.165) is 35.1 Å². The summed E-state index contributed by atoms with van der Waals surface area (Å²) in [5.74, 6) is 3.30. The van der Waals surface area contributed by atoms with Crippen LogP contribution in [0.4, 0.5) is 0 Å². The number of nitro groups is 1. The average molecular weight is 469 g/mol. The molecule has 0 spiro atoms. The molecule has 0 unspecified atom stereocenters. The highest BCUT2D eigenvalue weighted by atomic mass is 16.7. The summed E-state index contributed by atoms with van der Waals surface area (Å²) in [4.78, 5) is 12.6. The molecule has 2 atom stereocenters. The van der Waals surface area contributed by atoms with Crippen LogP contribution >= 0.6 is 0 Å². The highest BCUT2D eigenvalue weighted by Gasteiger charge is 2.61. The van der Waals surface area contributed by atoms with E-state index >= 15 is 0 Å². The van der Waals surface area contributed by atoms with Gasteiger partial charge in [-0.2, -0.15) is 0 Å². The van der Waals surface area contributed by atoms with Gasteiger partial charge in [-0.15, -0.1) is 0 Å². The monoisotopic (exact) mass is 469 g/mol. The summed E-state index contributed by atoms with van der Waals surface area (Å²) in [6, 6.07) is 1.89. The molecule has 0 saturated carbocycles. The summed E-state index contributed by atoms with van der Waals surface area (Å²) < 4.78 is 34.2. The number of hydrogen-bond acceptors (Lipinski definition) is 10. The van der Waals surface area contributed by atoms with Crippen LogP contribution in [0.15, 0.2) is 12.1 Å². The second-order valence-electron chi connectivity index (χ2n) is 8.92. The fourth-order valence-electron chi connectivity index (χ4n) is 6.34. The summed E-state index contributed by atoms with van der Waals surface area (Å²) >= 11 is 0. The number of rotatable bonds is 3. The van der Waals surface area contributed by atoms with Gasteiger partial charge >= 0.3 is 0 Å². The van der Waals surface area contributed by atoms with E-state index in [-0.39, 0.29) is 18.5 Å². The molecule has 1 fully saturated rings. The Labute approximate surface area is 194 Å². The molecule has 0 amide bonds. The third-order valence-corrected chi connectivity index (χ3v) is 7.57. The van der Waals surface area contributed by atoms with Crippen molar-refractivity contribution in [2.45, 2.75) is 31.0 Å². The minimum Gasteiger partial charge on any atom is -0.492 e. The van der Waals surface area contributed by atoms with E-state index in [9.17, 15) is 10.1 Å². The molecule has 0 radical (unpaired) electrons. The first kappa shape index (κ1) is 20.0. The summed E-state index contributed by atoms with van der Waals surface area (Å²) in [7, 11) is 3.14. The molecule has 11 nitrogen and oxygen atoms in total. The second kappa shape index (κ2) is 7.03. The Kier molecular flexibility index (Phi) is 4.13. The van der Waals surface area contributed by atoms with E-state index in [1.165, 1.54) is 0 Å². The van der Waals surface area contributed by atoms with Crippen molar-refractivity contribution in [2.24, 2.45) is 0 Å². The Morgan fingerprint density at radius 2 is 1.32 bits per heavy atom. The van der Waals surface area contributed by atoms with Gasteiger partial charge in [0.25, 0.3) is 6.04 Å². The van der Waals surface area contributed by atoms with E-state index in [4.69, 9.17) is 28.4 Å². The molecule has 34 heavy (non-hydrogen) atoms. The van der Waals surface area contributed by atoms with Crippen molar-refractivity contribution in [1.82, 2.24) is 10.0 Å². The lowest BCUT2D eigenvalue weighted by molar-refractivity contribution is -0.530. The Bertz CT molecular complexity index is 1150. The Morgan fingerprint density at radius 1 is 0.853 bits per heavy atom. The zero-order valence-electron chi connectivity index (χ0n) is 18.7. The van der Waals surface area contributed by atoms with Crippen molar-refractivity contribution in [3.05, 3.63) is 44.5 Å². The van der Waals surface area contributed by atoms with Crippen LogP contribution in [0.3, 0.4) is 0 Å². The number of methoxy groups -OCH3 is 2. The zero-order valence-corrected chi connectivity index (χ0v) is 18.7. The van der Waals surface area contributed by atoms with E-state index in [2.05, 4.69) is 10.0 Å². The van der Waals surface area contributed by atoms with Crippen LogP contribution in [-0.4, -0.2) is 61.9 Å². The lowest BCUT2D eigenvalue weighted by Crippen LogP contribution is -2.45. The van der Waals surface area contributed by atoms with Crippen LogP contribution in [0.5, 0.6) is 34.5 Å². The van der Waals surface area contributed by atoms with Crippen LogP contribution in [0, 0.1) is 10.1 Å². The molecular weight excluding hydrogens is 446 g/mol. The van der Waals surface area contributed by atoms with Crippen molar-refractivity contribution in [3.63, 3.8) is 0 Å². The first-order valence-electron chi connectivity index (χ1n) is 11.3. The Balaban J connectivity index is 1.44. The minimum atomic E-state index is -0.957.